The molecule has 6 rings (SSSR count). The normalized spacial score (nSPS) is 14.5. The zero-order valence-corrected chi connectivity index (χ0v) is 16.9. The van der Waals surface area contributed by atoms with Gasteiger partial charge in [-0.25, -0.2) is 19.5 Å². The SMILES string of the molecule is c1ccc2nc(N3CCOCC3)c(-c3nccn3Cc3cccc4ncnn34)cc2c1. The van der Waals surface area contributed by atoms with Crippen molar-refractivity contribution < 1.29 is 4.74 Å². The Bertz CT molecular complexity index is 1370. The summed E-state index contributed by atoms with van der Waals surface area (Å²) in [6.45, 7) is 3.67. The Kier molecular flexibility index (Phi) is 4.35. The Balaban J connectivity index is 1.48. The number of rotatable bonds is 4. The van der Waals surface area contributed by atoms with Gasteiger partial charge in [-0.05, 0) is 24.3 Å². The van der Waals surface area contributed by atoms with E-state index in [1.807, 2.05) is 41.2 Å². The number of para-hydroxylation sites is 1. The van der Waals surface area contributed by atoms with E-state index in [1.54, 1.807) is 6.33 Å². The summed E-state index contributed by atoms with van der Waals surface area (Å²) in [6.07, 6.45) is 5.43. The van der Waals surface area contributed by atoms with Crippen molar-refractivity contribution in [3.8, 4) is 11.4 Å². The highest BCUT2D eigenvalue weighted by molar-refractivity contribution is 5.88. The molecule has 31 heavy (non-hydrogen) atoms. The van der Waals surface area contributed by atoms with Crippen LogP contribution in [0.4, 0.5) is 5.82 Å². The van der Waals surface area contributed by atoms with Crippen molar-refractivity contribution in [1.82, 2.24) is 29.1 Å². The molecule has 1 aliphatic rings. The van der Waals surface area contributed by atoms with Crippen molar-refractivity contribution in [3.05, 3.63) is 72.9 Å². The molecule has 0 amide bonds. The van der Waals surface area contributed by atoms with Crippen LogP contribution in [0.2, 0.25) is 0 Å². The third-order valence-electron chi connectivity index (χ3n) is 5.68. The topological polar surface area (TPSA) is 73.4 Å². The Morgan fingerprint density at radius 2 is 1.87 bits per heavy atom. The number of ether oxygens (including phenoxy) is 1. The fourth-order valence-corrected chi connectivity index (χ4v) is 4.16. The molecule has 1 aromatic carbocycles. The molecule has 0 N–H and O–H groups in total. The van der Waals surface area contributed by atoms with Gasteiger partial charge in [0.05, 0.1) is 36.5 Å². The van der Waals surface area contributed by atoms with Gasteiger partial charge in [0.15, 0.2) is 5.65 Å². The fraction of sp³-hybridized carbons (Fsp3) is 0.217. The zero-order valence-electron chi connectivity index (χ0n) is 16.9. The number of hydrogen-bond acceptors (Lipinski definition) is 6. The van der Waals surface area contributed by atoms with E-state index in [-0.39, 0.29) is 0 Å². The average molecular weight is 411 g/mol. The molecule has 4 aromatic heterocycles. The van der Waals surface area contributed by atoms with Crippen molar-refractivity contribution in [2.24, 2.45) is 0 Å². The first-order chi connectivity index (χ1) is 15.4. The lowest BCUT2D eigenvalue weighted by atomic mass is 10.1. The Morgan fingerprint density at radius 3 is 2.81 bits per heavy atom. The summed E-state index contributed by atoms with van der Waals surface area (Å²) in [6, 6.07) is 16.4. The number of hydrogen-bond donors (Lipinski definition) is 0. The second kappa shape index (κ2) is 7.48. The Morgan fingerprint density at radius 1 is 0.968 bits per heavy atom. The van der Waals surface area contributed by atoms with Crippen molar-refractivity contribution in [3.63, 3.8) is 0 Å². The third-order valence-corrected chi connectivity index (χ3v) is 5.68. The summed E-state index contributed by atoms with van der Waals surface area (Å²) in [5, 5.41) is 5.47. The van der Waals surface area contributed by atoms with Gasteiger partial charge in [-0.3, -0.25) is 0 Å². The van der Waals surface area contributed by atoms with Gasteiger partial charge >= 0.3 is 0 Å². The summed E-state index contributed by atoms with van der Waals surface area (Å²) in [5.41, 5.74) is 3.88. The van der Waals surface area contributed by atoms with Crippen LogP contribution in [0.3, 0.4) is 0 Å². The van der Waals surface area contributed by atoms with Gasteiger partial charge in [0.2, 0.25) is 0 Å². The highest BCUT2D eigenvalue weighted by Gasteiger charge is 2.21. The minimum Gasteiger partial charge on any atom is -0.378 e. The molecule has 0 aliphatic carbocycles. The van der Waals surface area contributed by atoms with E-state index in [9.17, 15) is 0 Å². The van der Waals surface area contributed by atoms with Crippen molar-refractivity contribution in [2.75, 3.05) is 31.2 Å². The average Bonchev–Trinajstić information content (AvgIpc) is 3.49. The van der Waals surface area contributed by atoms with E-state index in [0.29, 0.717) is 19.8 Å². The van der Waals surface area contributed by atoms with E-state index in [4.69, 9.17) is 14.7 Å². The minimum atomic E-state index is 0.630. The molecular weight excluding hydrogens is 390 g/mol. The summed E-state index contributed by atoms with van der Waals surface area (Å²) < 4.78 is 9.58. The maximum absolute atomic E-state index is 5.57. The molecule has 8 heteroatoms. The predicted molar refractivity (Wildman–Crippen MR) is 118 cm³/mol. The second-order valence-corrected chi connectivity index (χ2v) is 7.58. The van der Waals surface area contributed by atoms with Gasteiger partial charge in [-0.2, -0.15) is 5.10 Å². The van der Waals surface area contributed by atoms with Crippen LogP contribution in [0.25, 0.3) is 27.9 Å². The lowest BCUT2D eigenvalue weighted by molar-refractivity contribution is 0.122. The van der Waals surface area contributed by atoms with E-state index in [2.05, 4.69) is 43.8 Å². The van der Waals surface area contributed by atoms with Gasteiger partial charge in [0, 0.05) is 30.9 Å². The van der Waals surface area contributed by atoms with Crippen LogP contribution in [0.5, 0.6) is 0 Å². The van der Waals surface area contributed by atoms with Crippen molar-refractivity contribution in [1.29, 1.82) is 0 Å². The molecule has 1 aliphatic heterocycles. The van der Waals surface area contributed by atoms with Crippen LogP contribution in [-0.2, 0) is 11.3 Å². The maximum atomic E-state index is 5.57. The number of benzene rings is 1. The van der Waals surface area contributed by atoms with Crippen LogP contribution < -0.4 is 4.90 Å². The van der Waals surface area contributed by atoms with Gasteiger partial charge in [-0.15, -0.1) is 0 Å². The van der Waals surface area contributed by atoms with Gasteiger partial charge in [0.25, 0.3) is 0 Å². The lowest BCUT2D eigenvalue weighted by Crippen LogP contribution is -2.37. The van der Waals surface area contributed by atoms with Crippen LogP contribution in [0, 0.1) is 0 Å². The molecule has 1 fully saturated rings. The Hall–Kier alpha value is -3.78. The number of nitrogens with zero attached hydrogens (tertiary/aromatic N) is 7. The van der Waals surface area contributed by atoms with Crippen LogP contribution in [-0.4, -0.2) is 55.4 Å². The maximum Gasteiger partial charge on any atom is 0.155 e. The molecule has 0 bridgehead atoms. The number of morpholine rings is 1. The molecule has 8 nitrogen and oxygen atoms in total. The number of aromatic nitrogens is 6. The molecule has 0 spiro atoms. The first-order valence-electron chi connectivity index (χ1n) is 10.4. The summed E-state index contributed by atoms with van der Waals surface area (Å²) in [4.78, 5) is 16.4. The molecule has 5 aromatic rings. The highest BCUT2D eigenvalue weighted by atomic mass is 16.5. The molecule has 0 saturated carbocycles. The molecule has 5 heterocycles. The van der Waals surface area contributed by atoms with Crippen LogP contribution in [0.1, 0.15) is 5.69 Å². The lowest BCUT2D eigenvalue weighted by Gasteiger charge is -2.29. The van der Waals surface area contributed by atoms with Gasteiger partial charge < -0.3 is 14.2 Å². The molecule has 0 radical (unpaired) electrons. The van der Waals surface area contributed by atoms with E-state index >= 15 is 0 Å². The molecule has 0 unspecified atom stereocenters. The van der Waals surface area contributed by atoms with Crippen molar-refractivity contribution in [2.45, 2.75) is 6.54 Å². The Labute approximate surface area is 178 Å². The van der Waals surface area contributed by atoms with Crippen LogP contribution in [0.15, 0.2) is 67.3 Å². The van der Waals surface area contributed by atoms with Gasteiger partial charge in [0.1, 0.15) is 18.0 Å². The fourth-order valence-electron chi connectivity index (χ4n) is 4.16. The quantitative estimate of drug-likeness (QED) is 0.453. The first kappa shape index (κ1) is 18.0. The molecule has 154 valence electrons. The van der Waals surface area contributed by atoms with E-state index in [0.717, 1.165) is 52.5 Å². The summed E-state index contributed by atoms with van der Waals surface area (Å²) in [7, 11) is 0. The zero-order chi connectivity index (χ0) is 20.6. The van der Waals surface area contributed by atoms with E-state index < -0.39 is 0 Å². The van der Waals surface area contributed by atoms with Gasteiger partial charge in [-0.1, -0.05) is 24.3 Å². The van der Waals surface area contributed by atoms with Crippen LogP contribution >= 0.6 is 0 Å². The standard InChI is InChI=1S/C23H21N7O/c1-2-6-20-17(4-1)14-19(23(27-20)28-10-12-31-13-11-28)22-24-8-9-29(22)15-18-5-3-7-21-25-16-26-30(18)21/h1-9,14,16H,10-13,15H2. The molecular formula is C23H21N7O. The first-order valence-corrected chi connectivity index (χ1v) is 10.4. The largest absolute Gasteiger partial charge is 0.378 e. The predicted octanol–water partition coefficient (Wildman–Crippen LogP) is 3.03. The smallest absolute Gasteiger partial charge is 0.155 e. The monoisotopic (exact) mass is 411 g/mol. The summed E-state index contributed by atoms with van der Waals surface area (Å²) >= 11 is 0. The van der Waals surface area contributed by atoms with E-state index in [1.165, 1.54) is 0 Å². The van der Waals surface area contributed by atoms with Crippen molar-refractivity contribution >= 4 is 22.4 Å². The second-order valence-electron chi connectivity index (χ2n) is 7.58. The number of anilines is 1. The number of imidazole rings is 1. The molecule has 0 atom stereocenters. The molecule has 1 saturated heterocycles. The summed E-state index contributed by atoms with van der Waals surface area (Å²) in [5.74, 6) is 1.84. The number of fused-ring (bicyclic) bond motifs is 2. The minimum absolute atomic E-state index is 0.630. The highest BCUT2D eigenvalue weighted by Crippen LogP contribution is 2.32. The third kappa shape index (κ3) is 3.21. The number of pyridine rings is 2.